The molecule has 2 aromatic rings. The highest BCUT2D eigenvalue weighted by Crippen LogP contribution is 2.55. The molecule has 0 atom stereocenters. The molecule has 2 N–H and O–H groups in total. The van der Waals surface area contributed by atoms with E-state index in [0.717, 1.165) is 0 Å². The minimum absolute atomic E-state index is 0.144. The van der Waals surface area contributed by atoms with Crippen molar-refractivity contribution in [3.63, 3.8) is 0 Å². The fourth-order valence-electron chi connectivity index (χ4n) is 3.10. The maximum Gasteiger partial charge on any atom is 0.0480 e. The second-order valence-electron chi connectivity index (χ2n) is 5.95. The molecular formula is C15H20N2. The average Bonchev–Trinajstić information content (AvgIpc) is 3.01. The van der Waals surface area contributed by atoms with E-state index in [1.165, 1.54) is 29.4 Å². The van der Waals surface area contributed by atoms with E-state index >= 15 is 0 Å². The Morgan fingerprint density at radius 1 is 1.24 bits per heavy atom. The van der Waals surface area contributed by atoms with Crippen molar-refractivity contribution in [1.29, 1.82) is 0 Å². The van der Waals surface area contributed by atoms with Crippen molar-refractivity contribution < 1.29 is 0 Å². The van der Waals surface area contributed by atoms with Crippen molar-refractivity contribution in [2.45, 2.75) is 37.6 Å². The van der Waals surface area contributed by atoms with E-state index in [2.05, 4.69) is 55.8 Å². The molecule has 0 saturated heterocycles. The van der Waals surface area contributed by atoms with Crippen LogP contribution in [0.4, 0.5) is 0 Å². The molecule has 0 spiro atoms. The van der Waals surface area contributed by atoms with Crippen molar-refractivity contribution in [1.82, 2.24) is 4.57 Å². The van der Waals surface area contributed by atoms with Gasteiger partial charge in [0.2, 0.25) is 0 Å². The number of fused-ring (bicyclic) bond motifs is 1. The summed E-state index contributed by atoms with van der Waals surface area (Å²) in [7, 11) is 2.16. The Kier molecular flexibility index (Phi) is 2.00. The van der Waals surface area contributed by atoms with Crippen LogP contribution in [0.15, 0.2) is 30.3 Å². The van der Waals surface area contributed by atoms with Crippen LogP contribution >= 0.6 is 0 Å². The van der Waals surface area contributed by atoms with Crippen LogP contribution in [0, 0.1) is 0 Å². The predicted octanol–water partition coefficient (Wildman–Crippen LogP) is 2.95. The van der Waals surface area contributed by atoms with Gasteiger partial charge in [0.05, 0.1) is 0 Å². The number of hydrogen-bond acceptors (Lipinski definition) is 1. The Balaban J connectivity index is 2.22. The van der Waals surface area contributed by atoms with Crippen molar-refractivity contribution >= 4 is 10.9 Å². The highest BCUT2D eigenvalue weighted by molar-refractivity contribution is 5.82. The van der Waals surface area contributed by atoms with E-state index in [-0.39, 0.29) is 11.0 Å². The number of para-hydroxylation sites is 1. The second-order valence-corrected chi connectivity index (χ2v) is 5.95. The minimum atomic E-state index is -0.144. The van der Waals surface area contributed by atoms with Gasteiger partial charge in [0, 0.05) is 29.2 Å². The van der Waals surface area contributed by atoms with Gasteiger partial charge >= 0.3 is 0 Å². The van der Waals surface area contributed by atoms with E-state index in [9.17, 15) is 0 Å². The Morgan fingerprint density at radius 3 is 2.41 bits per heavy atom. The number of benzene rings is 1. The second kappa shape index (κ2) is 3.14. The molecule has 1 aliphatic carbocycles. The monoisotopic (exact) mass is 228 g/mol. The molecule has 1 aliphatic rings. The number of nitrogens with zero attached hydrogens (tertiary/aromatic N) is 1. The van der Waals surface area contributed by atoms with E-state index in [1.807, 2.05) is 0 Å². The average molecular weight is 228 g/mol. The molecule has 0 amide bonds. The third-order valence-corrected chi connectivity index (χ3v) is 4.43. The zero-order chi connectivity index (χ0) is 12.3. The molecule has 0 bridgehead atoms. The summed E-state index contributed by atoms with van der Waals surface area (Å²) in [6, 6.07) is 10.9. The van der Waals surface area contributed by atoms with Crippen molar-refractivity contribution in [2.75, 3.05) is 0 Å². The quantitative estimate of drug-likeness (QED) is 0.841. The van der Waals surface area contributed by atoms with Gasteiger partial charge in [-0.15, -0.1) is 0 Å². The summed E-state index contributed by atoms with van der Waals surface area (Å²) in [6.07, 6.45) is 2.42. The third-order valence-electron chi connectivity index (χ3n) is 4.43. The lowest BCUT2D eigenvalue weighted by atomic mass is 9.82. The summed E-state index contributed by atoms with van der Waals surface area (Å²) in [6.45, 7) is 4.30. The lowest BCUT2D eigenvalue weighted by Crippen LogP contribution is -2.46. The summed E-state index contributed by atoms with van der Waals surface area (Å²) < 4.78 is 2.32. The van der Waals surface area contributed by atoms with Crippen LogP contribution in [0.1, 0.15) is 32.4 Å². The molecule has 2 heteroatoms. The topological polar surface area (TPSA) is 30.9 Å². The first kappa shape index (κ1) is 10.8. The zero-order valence-corrected chi connectivity index (χ0v) is 10.8. The van der Waals surface area contributed by atoms with Gasteiger partial charge in [0.1, 0.15) is 0 Å². The number of aryl methyl sites for hydroxylation is 1. The summed E-state index contributed by atoms with van der Waals surface area (Å²) in [4.78, 5) is 0. The van der Waals surface area contributed by atoms with Gasteiger partial charge in [-0.3, -0.25) is 0 Å². The largest absolute Gasteiger partial charge is 0.347 e. The van der Waals surface area contributed by atoms with Crippen LogP contribution in [0.5, 0.6) is 0 Å². The maximum atomic E-state index is 6.39. The van der Waals surface area contributed by atoms with Crippen LogP contribution in [0.3, 0.4) is 0 Å². The fraction of sp³-hybridized carbons (Fsp3) is 0.467. The molecule has 0 radical (unpaired) electrons. The summed E-state index contributed by atoms with van der Waals surface area (Å²) in [5.41, 5.74) is 9.12. The van der Waals surface area contributed by atoms with Gasteiger partial charge in [0.15, 0.2) is 0 Å². The molecule has 90 valence electrons. The van der Waals surface area contributed by atoms with E-state index in [1.54, 1.807) is 0 Å². The van der Waals surface area contributed by atoms with Gasteiger partial charge in [-0.25, -0.2) is 0 Å². The Morgan fingerprint density at radius 2 is 1.88 bits per heavy atom. The molecule has 2 nitrogen and oxygen atoms in total. The fourth-order valence-corrected chi connectivity index (χ4v) is 3.10. The molecule has 0 aliphatic heterocycles. The number of hydrogen-bond donors (Lipinski definition) is 1. The van der Waals surface area contributed by atoms with Gasteiger partial charge < -0.3 is 10.3 Å². The first-order chi connectivity index (χ1) is 7.96. The predicted molar refractivity (Wildman–Crippen MR) is 72.1 cm³/mol. The first-order valence-electron chi connectivity index (χ1n) is 6.29. The lowest BCUT2D eigenvalue weighted by Gasteiger charge is -2.31. The molecule has 1 aromatic carbocycles. The Labute approximate surface area is 102 Å². The standard InChI is InChI=1S/C15H20N2/c1-14(2,16)15(8-9-15)13-10-11-6-4-5-7-12(11)17(13)3/h4-7,10H,8-9,16H2,1-3H3. The van der Waals surface area contributed by atoms with Gasteiger partial charge in [-0.2, -0.15) is 0 Å². The molecule has 0 unspecified atom stereocenters. The molecule has 1 saturated carbocycles. The molecule has 3 rings (SSSR count). The normalized spacial score (nSPS) is 18.6. The van der Waals surface area contributed by atoms with E-state index in [4.69, 9.17) is 5.73 Å². The molecule has 17 heavy (non-hydrogen) atoms. The van der Waals surface area contributed by atoms with Crippen molar-refractivity contribution in [3.05, 3.63) is 36.0 Å². The summed E-state index contributed by atoms with van der Waals surface area (Å²) in [5.74, 6) is 0. The molecule has 1 heterocycles. The van der Waals surface area contributed by atoms with Crippen molar-refractivity contribution in [3.8, 4) is 0 Å². The lowest BCUT2D eigenvalue weighted by molar-refractivity contribution is 0.378. The van der Waals surface area contributed by atoms with Gasteiger partial charge in [-0.05, 0) is 44.2 Å². The van der Waals surface area contributed by atoms with Crippen LogP contribution in [0.2, 0.25) is 0 Å². The van der Waals surface area contributed by atoms with Crippen LogP contribution < -0.4 is 5.73 Å². The van der Waals surface area contributed by atoms with Crippen molar-refractivity contribution in [2.24, 2.45) is 12.8 Å². The third kappa shape index (κ3) is 1.37. The number of nitrogens with two attached hydrogens (primary N) is 1. The minimum Gasteiger partial charge on any atom is -0.347 e. The Bertz CT molecular complexity index is 568. The molecular weight excluding hydrogens is 208 g/mol. The maximum absolute atomic E-state index is 6.39. The summed E-state index contributed by atoms with van der Waals surface area (Å²) >= 11 is 0. The first-order valence-corrected chi connectivity index (χ1v) is 6.29. The van der Waals surface area contributed by atoms with E-state index < -0.39 is 0 Å². The highest BCUT2D eigenvalue weighted by Gasteiger charge is 2.55. The van der Waals surface area contributed by atoms with Gasteiger partial charge in [0.25, 0.3) is 0 Å². The Hall–Kier alpha value is -1.28. The summed E-state index contributed by atoms with van der Waals surface area (Å²) in [5, 5.41) is 1.32. The molecule has 1 fully saturated rings. The van der Waals surface area contributed by atoms with Gasteiger partial charge in [-0.1, -0.05) is 18.2 Å². The number of aromatic nitrogens is 1. The van der Waals surface area contributed by atoms with Crippen LogP contribution in [-0.4, -0.2) is 10.1 Å². The SMILES string of the molecule is Cn1c(C2(C(C)(C)N)CC2)cc2ccccc21. The zero-order valence-electron chi connectivity index (χ0n) is 10.8. The van der Waals surface area contributed by atoms with E-state index in [0.29, 0.717) is 0 Å². The number of rotatable bonds is 2. The van der Waals surface area contributed by atoms with Crippen LogP contribution in [0.25, 0.3) is 10.9 Å². The molecule has 1 aromatic heterocycles. The highest BCUT2D eigenvalue weighted by atomic mass is 15.0. The van der Waals surface area contributed by atoms with Crippen LogP contribution in [-0.2, 0) is 12.5 Å². The smallest absolute Gasteiger partial charge is 0.0480 e.